The highest BCUT2D eigenvalue weighted by molar-refractivity contribution is 8.00. The van der Waals surface area contributed by atoms with Crippen molar-refractivity contribution < 1.29 is 0 Å². The Kier molecular flexibility index (Phi) is 4.84. The van der Waals surface area contributed by atoms with Crippen molar-refractivity contribution >= 4 is 11.8 Å². The van der Waals surface area contributed by atoms with Gasteiger partial charge in [-0.2, -0.15) is 0 Å². The first-order chi connectivity index (χ1) is 9.40. The van der Waals surface area contributed by atoms with E-state index in [1.807, 2.05) is 0 Å². The molecule has 1 nitrogen and oxygen atoms in total. The molecule has 1 saturated carbocycles. The molecule has 1 aromatic carbocycles. The van der Waals surface area contributed by atoms with Crippen LogP contribution in [-0.4, -0.2) is 18.3 Å². The maximum absolute atomic E-state index is 3.51. The standard InChI is InChI=1S/C17H25NS/c1-2-6-16(5-1)19-17-9-7-14(8-10-17)12-15-4-3-11-18-13-15/h7-10,15-16,18H,1-6,11-13H2. The van der Waals surface area contributed by atoms with Gasteiger partial charge in [-0.3, -0.25) is 0 Å². The lowest BCUT2D eigenvalue weighted by Gasteiger charge is -2.22. The van der Waals surface area contributed by atoms with Crippen molar-refractivity contribution in [2.45, 2.75) is 55.1 Å². The van der Waals surface area contributed by atoms with Crippen LogP contribution in [0, 0.1) is 5.92 Å². The molecule has 1 aliphatic carbocycles. The Labute approximate surface area is 121 Å². The van der Waals surface area contributed by atoms with E-state index in [-0.39, 0.29) is 0 Å². The zero-order valence-corrected chi connectivity index (χ0v) is 12.6. The van der Waals surface area contributed by atoms with Crippen LogP contribution in [0.25, 0.3) is 0 Å². The lowest BCUT2D eigenvalue weighted by atomic mass is 9.92. The van der Waals surface area contributed by atoms with Crippen LogP contribution in [-0.2, 0) is 6.42 Å². The summed E-state index contributed by atoms with van der Waals surface area (Å²) < 4.78 is 0. The minimum absolute atomic E-state index is 0.849. The van der Waals surface area contributed by atoms with Crippen molar-refractivity contribution in [2.24, 2.45) is 5.92 Å². The van der Waals surface area contributed by atoms with Crippen molar-refractivity contribution in [1.29, 1.82) is 0 Å². The number of nitrogens with one attached hydrogen (secondary N) is 1. The van der Waals surface area contributed by atoms with E-state index < -0.39 is 0 Å². The molecule has 2 fully saturated rings. The van der Waals surface area contributed by atoms with Crippen molar-refractivity contribution in [2.75, 3.05) is 13.1 Å². The summed E-state index contributed by atoms with van der Waals surface area (Å²) in [7, 11) is 0. The second kappa shape index (κ2) is 6.81. The quantitative estimate of drug-likeness (QED) is 0.881. The molecule has 0 bridgehead atoms. The van der Waals surface area contributed by atoms with Crippen LogP contribution in [0.4, 0.5) is 0 Å². The number of hydrogen-bond acceptors (Lipinski definition) is 2. The fourth-order valence-corrected chi connectivity index (χ4v) is 4.58. The highest BCUT2D eigenvalue weighted by Crippen LogP contribution is 2.34. The van der Waals surface area contributed by atoms with Gasteiger partial charge in [-0.05, 0) is 68.8 Å². The smallest absolute Gasteiger partial charge is 0.00944 e. The molecule has 1 aliphatic heterocycles. The van der Waals surface area contributed by atoms with Crippen LogP contribution < -0.4 is 5.32 Å². The molecule has 2 heteroatoms. The Morgan fingerprint density at radius 3 is 2.47 bits per heavy atom. The average Bonchev–Trinajstić information content (AvgIpc) is 2.95. The fraction of sp³-hybridized carbons (Fsp3) is 0.647. The summed E-state index contributed by atoms with van der Waals surface area (Å²) in [5, 5.41) is 4.39. The lowest BCUT2D eigenvalue weighted by molar-refractivity contribution is 0.376. The summed E-state index contributed by atoms with van der Waals surface area (Å²) in [6.45, 7) is 2.42. The summed E-state index contributed by atoms with van der Waals surface area (Å²) >= 11 is 2.09. The van der Waals surface area contributed by atoms with Gasteiger partial charge in [-0.1, -0.05) is 25.0 Å². The molecule has 0 radical (unpaired) electrons. The summed E-state index contributed by atoms with van der Waals surface area (Å²) in [6.07, 6.45) is 9.70. The molecule has 1 saturated heterocycles. The van der Waals surface area contributed by atoms with Gasteiger partial charge >= 0.3 is 0 Å². The topological polar surface area (TPSA) is 12.0 Å². The number of hydrogen-bond donors (Lipinski definition) is 1. The Bertz CT molecular complexity index is 375. The van der Waals surface area contributed by atoms with E-state index in [2.05, 4.69) is 41.3 Å². The minimum atomic E-state index is 0.849. The zero-order valence-electron chi connectivity index (χ0n) is 11.7. The van der Waals surface area contributed by atoms with Gasteiger partial charge < -0.3 is 5.32 Å². The predicted octanol–water partition coefficient (Wildman–Crippen LogP) is 4.26. The summed E-state index contributed by atoms with van der Waals surface area (Å²) in [6, 6.07) is 9.39. The van der Waals surface area contributed by atoms with Crippen LogP contribution in [0.3, 0.4) is 0 Å². The molecule has 0 amide bonds. The summed E-state index contributed by atoms with van der Waals surface area (Å²) in [4.78, 5) is 1.47. The van der Waals surface area contributed by atoms with E-state index in [4.69, 9.17) is 0 Å². The summed E-state index contributed by atoms with van der Waals surface area (Å²) in [5.74, 6) is 0.849. The van der Waals surface area contributed by atoms with Gasteiger partial charge in [0, 0.05) is 10.1 Å². The Morgan fingerprint density at radius 1 is 1.00 bits per heavy atom. The van der Waals surface area contributed by atoms with Crippen LogP contribution >= 0.6 is 11.8 Å². The highest BCUT2D eigenvalue weighted by Gasteiger charge is 2.16. The maximum Gasteiger partial charge on any atom is 0.00944 e. The van der Waals surface area contributed by atoms with Gasteiger partial charge in [0.25, 0.3) is 0 Å². The van der Waals surface area contributed by atoms with Gasteiger partial charge in [0.1, 0.15) is 0 Å². The van der Waals surface area contributed by atoms with E-state index >= 15 is 0 Å². The Morgan fingerprint density at radius 2 is 1.79 bits per heavy atom. The number of thioether (sulfide) groups is 1. The van der Waals surface area contributed by atoms with Crippen molar-refractivity contribution in [3.8, 4) is 0 Å². The highest BCUT2D eigenvalue weighted by atomic mass is 32.2. The molecule has 2 aliphatic rings. The van der Waals surface area contributed by atoms with Crippen LogP contribution in [0.2, 0.25) is 0 Å². The normalized spacial score (nSPS) is 24.7. The van der Waals surface area contributed by atoms with Crippen LogP contribution in [0.15, 0.2) is 29.2 Å². The van der Waals surface area contributed by atoms with Crippen molar-refractivity contribution in [3.05, 3.63) is 29.8 Å². The lowest BCUT2D eigenvalue weighted by Crippen LogP contribution is -2.30. The first-order valence-corrected chi connectivity index (χ1v) is 8.74. The van der Waals surface area contributed by atoms with Gasteiger partial charge in [0.15, 0.2) is 0 Å². The van der Waals surface area contributed by atoms with E-state index in [1.165, 1.54) is 68.5 Å². The second-order valence-corrected chi connectivity index (χ2v) is 7.46. The molecule has 1 heterocycles. The third kappa shape index (κ3) is 4.00. The molecule has 3 rings (SSSR count). The van der Waals surface area contributed by atoms with Crippen LogP contribution in [0.5, 0.6) is 0 Å². The SMILES string of the molecule is c1cc(SC2CCCC2)ccc1CC1CCCNC1. The number of benzene rings is 1. The molecule has 1 aromatic rings. The molecule has 0 aromatic heterocycles. The van der Waals surface area contributed by atoms with Crippen molar-refractivity contribution in [3.63, 3.8) is 0 Å². The monoisotopic (exact) mass is 275 g/mol. The zero-order chi connectivity index (χ0) is 12.9. The third-order valence-electron chi connectivity index (χ3n) is 4.45. The first-order valence-electron chi connectivity index (χ1n) is 7.86. The molecule has 1 atom stereocenters. The largest absolute Gasteiger partial charge is 0.316 e. The maximum atomic E-state index is 3.51. The minimum Gasteiger partial charge on any atom is -0.316 e. The third-order valence-corrected chi connectivity index (χ3v) is 5.80. The molecule has 19 heavy (non-hydrogen) atoms. The number of piperidine rings is 1. The molecule has 1 N–H and O–H groups in total. The molecular formula is C17H25NS. The van der Waals surface area contributed by atoms with Gasteiger partial charge in [0.2, 0.25) is 0 Å². The van der Waals surface area contributed by atoms with E-state index in [9.17, 15) is 0 Å². The van der Waals surface area contributed by atoms with Crippen molar-refractivity contribution in [1.82, 2.24) is 5.32 Å². The van der Waals surface area contributed by atoms with Gasteiger partial charge in [0.05, 0.1) is 0 Å². The molecular weight excluding hydrogens is 250 g/mol. The Balaban J connectivity index is 1.52. The predicted molar refractivity (Wildman–Crippen MR) is 83.9 cm³/mol. The van der Waals surface area contributed by atoms with E-state index in [0.29, 0.717) is 0 Å². The van der Waals surface area contributed by atoms with E-state index in [1.54, 1.807) is 0 Å². The summed E-state index contributed by atoms with van der Waals surface area (Å²) in [5.41, 5.74) is 1.52. The fourth-order valence-electron chi connectivity index (χ4n) is 3.33. The van der Waals surface area contributed by atoms with Crippen LogP contribution in [0.1, 0.15) is 44.1 Å². The molecule has 0 spiro atoms. The average molecular weight is 275 g/mol. The first kappa shape index (κ1) is 13.5. The van der Waals surface area contributed by atoms with E-state index in [0.717, 1.165) is 11.2 Å². The van der Waals surface area contributed by atoms with Gasteiger partial charge in [-0.15, -0.1) is 11.8 Å². The van der Waals surface area contributed by atoms with Gasteiger partial charge in [-0.25, -0.2) is 0 Å². The second-order valence-electron chi connectivity index (χ2n) is 6.08. The molecule has 1 unspecified atom stereocenters. The number of rotatable bonds is 4. The Hall–Kier alpha value is -0.470. The molecule has 104 valence electrons.